The van der Waals surface area contributed by atoms with E-state index in [-0.39, 0.29) is 6.61 Å². The topological polar surface area (TPSA) is 66.8 Å². The molecule has 0 saturated heterocycles. The zero-order valence-corrected chi connectivity index (χ0v) is 12.5. The van der Waals surface area contributed by atoms with Gasteiger partial charge in [-0.1, -0.05) is 54.6 Å². The maximum Gasteiger partial charge on any atom is 0.415 e. The molecule has 118 valence electrons. The van der Waals surface area contributed by atoms with Crippen molar-refractivity contribution >= 4 is 23.8 Å². The SMILES string of the molecule is O=C(O)CN(C(=O)OCC=Cc1ccccc1)c1ccccc1. The maximum absolute atomic E-state index is 12.1. The fraction of sp³-hybridized carbons (Fsp3) is 0.111. The molecule has 0 spiro atoms. The second kappa shape index (κ2) is 8.38. The summed E-state index contributed by atoms with van der Waals surface area (Å²) in [6, 6.07) is 18.2. The number of hydrogen-bond acceptors (Lipinski definition) is 3. The minimum absolute atomic E-state index is 0.0662. The van der Waals surface area contributed by atoms with Gasteiger partial charge >= 0.3 is 12.1 Å². The third-order valence-corrected chi connectivity index (χ3v) is 2.99. The monoisotopic (exact) mass is 311 g/mol. The Bertz CT molecular complexity index is 668. The van der Waals surface area contributed by atoms with E-state index in [4.69, 9.17) is 9.84 Å². The van der Waals surface area contributed by atoms with Gasteiger partial charge < -0.3 is 9.84 Å². The summed E-state index contributed by atoms with van der Waals surface area (Å²) < 4.78 is 5.12. The van der Waals surface area contributed by atoms with Crippen molar-refractivity contribution in [1.82, 2.24) is 0 Å². The van der Waals surface area contributed by atoms with Crippen LogP contribution in [0.3, 0.4) is 0 Å². The predicted molar refractivity (Wildman–Crippen MR) is 88.2 cm³/mol. The number of amides is 1. The van der Waals surface area contributed by atoms with Crippen LogP contribution in [-0.4, -0.2) is 30.3 Å². The summed E-state index contributed by atoms with van der Waals surface area (Å²) in [6.07, 6.45) is 2.84. The molecule has 0 aliphatic carbocycles. The van der Waals surface area contributed by atoms with E-state index in [2.05, 4.69) is 0 Å². The molecule has 0 saturated carbocycles. The van der Waals surface area contributed by atoms with Gasteiger partial charge in [0.1, 0.15) is 13.2 Å². The van der Waals surface area contributed by atoms with Crippen molar-refractivity contribution < 1.29 is 19.4 Å². The van der Waals surface area contributed by atoms with Gasteiger partial charge in [-0.25, -0.2) is 4.79 Å². The van der Waals surface area contributed by atoms with E-state index < -0.39 is 18.6 Å². The molecule has 0 atom stereocenters. The predicted octanol–water partition coefficient (Wildman–Crippen LogP) is 3.43. The largest absolute Gasteiger partial charge is 0.480 e. The molecule has 2 aromatic carbocycles. The number of hydrogen-bond donors (Lipinski definition) is 1. The van der Waals surface area contributed by atoms with Crippen molar-refractivity contribution in [3.63, 3.8) is 0 Å². The van der Waals surface area contributed by atoms with E-state index in [1.807, 2.05) is 36.4 Å². The molecular weight excluding hydrogens is 294 g/mol. The second-order valence-electron chi connectivity index (χ2n) is 4.71. The van der Waals surface area contributed by atoms with Gasteiger partial charge in [0.15, 0.2) is 0 Å². The highest BCUT2D eigenvalue weighted by molar-refractivity contribution is 5.92. The molecule has 0 heterocycles. The number of anilines is 1. The van der Waals surface area contributed by atoms with Crippen LogP contribution < -0.4 is 4.90 Å². The van der Waals surface area contributed by atoms with Gasteiger partial charge in [-0.2, -0.15) is 0 Å². The van der Waals surface area contributed by atoms with Crippen molar-refractivity contribution in [2.45, 2.75) is 0 Å². The first-order valence-corrected chi connectivity index (χ1v) is 7.09. The van der Waals surface area contributed by atoms with Crippen LogP contribution in [0.5, 0.6) is 0 Å². The van der Waals surface area contributed by atoms with Gasteiger partial charge in [-0.05, 0) is 23.8 Å². The van der Waals surface area contributed by atoms with Crippen LogP contribution in [-0.2, 0) is 9.53 Å². The Morgan fingerprint density at radius 3 is 2.22 bits per heavy atom. The number of benzene rings is 2. The summed E-state index contributed by atoms with van der Waals surface area (Å²) in [7, 11) is 0. The van der Waals surface area contributed by atoms with Crippen LogP contribution in [0.2, 0.25) is 0 Å². The number of para-hydroxylation sites is 1. The number of ether oxygens (including phenoxy) is 1. The summed E-state index contributed by atoms with van der Waals surface area (Å²) in [5.74, 6) is -1.11. The Hall–Kier alpha value is -3.08. The van der Waals surface area contributed by atoms with Crippen molar-refractivity contribution in [2.24, 2.45) is 0 Å². The zero-order valence-electron chi connectivity index (χ0n) is 12.5. The molecule has 0 fully saturated rings. The Morgan fingerprint density at radius 2 is 1.61 bits per heavy atom. The van der Waals surface area contributed by atoms with E-state index >= 15 is 0 Å². The fourth-order valence-electron chi connectivity index (χ4n) is 1.95. The van der Waals surface area contributed by atoms with Gasteiger partial charge in [0, 0.05) is 5.69 Å². The van der Waals surface area contributed by atoms with Crippen LogP contribution in [0.25, 0.3) is 6.08 Å². The summed E-state index contributed by atoms with van der Waals surface area (Å²) >= 11 is 0. The van der Waals surface area contributed by atoms with Crippen LogP contribution in [0.4, 0.5) is 10.5 Å². The Balaban J connectivity index is 1.95. The normalized spacial score (nSPS) is 10.4. The molecule has 2 rings (SSSR count). The minimum atomic E-state index is -1.11. The number of nitrogens with zero attached hydrogens (tertiary/aromatic N) is 1. The third kappa shape index (κ3) is 5.32. The maximum atomic E-state index is 12.1. The van der Waals surface area contributed by atoms with Crippen molar-refractivity contribution in [3.05, 3.63) is 72.3 Å². The van der Waals surface area contributed by atoms with Crippen LogP contribution >= 0.6 is 0 Å². The van der Waals surface area contributed by atoms with Crippen molar-refractivity contribution in [1.29, 1.82) is 0 Å². The molecular formula is C18H17NO4. The average molecular weight is 311 g/mol. The molecule has 0 aromatic heterocycles. The lowest BCUT2D eigenvalue weighted by Crippen LogP contribution is -2.36. The van der Waals surface area contributed by atoms with Crippen LogP contribution in [0.15, 0.2) is 66.7 Å². The van der Waals surface area contributed by atoms with Gasteiger partial charge in [-0.15, -0.1) is 0 Å². The molecule has 0 radical (unpaired) electrons. The van der Waals surface area contributed by atoms with Gasteiger partial charge in [0.05, 0.1) is 0 Å². The highest BCUT2D eigenvalue weighted by Crippen LogP contribution is 2.14. The Kier molecular flexibility index (Phi) is 5.94. The lowest BCUT2D eigenvalue weighted by Gasteiger charge is -2.19. The van der Waals surface area contributed by atoms with E-state index in [1.165, 1.54) is 0 Å². The van der Waals surface area contributed by atoms with E-state index in [9.17, 15) is 9.59 Å². The molecule has 5 heteroatoms. The summed E-state index contributed by atoms with van der Waals surface area (Å²) in [6.45, 7) is -0.387. The molecule has 0 aliphatic rings. The standard InChI is InChI=1S/C18H17NO4/c20-17(21)14-19(16-11-5-2-6-12-16)18(22)23-13-7-10-15-8-3-1-4-9-15/h1-12H,13-14H2,(H,20,21). The number of carbonyl (C=O) groups is 2. The van der Waals surface area contributed by atoms with Crippen molar-refractivity contribution in [3.8, 4) is 0 Å². The smallest absolute Gasteiger partial charge is 0.415 e. The molecule has 5 nitrogen and oxygen atoms in total. The summed E-state index contributed by atoms with van der Waals surface area (Å²) in [4.78, 5) is 24.1. The van der Waals surface area contributed by atoms with E-state index in [0.29, 0.717) is 5.69 Å². The lowest BCUT2D eigenvalue weighted by atomic mass is 10.2. The zero-order chi connectivity index (χ0) is 16.5. The molecule has 0 aliphatic heterocycles. The van der Waals surface area contributed by atoms with E-state index in [1.54, 1.807) is 36.4 Å². The molecule has 0 bridgehead atoms. The molecule has 1 amide bonds. The highest BCUT2D eigenvalue weighted by Gasteiger charge is 2.19. The first kappa shape index (κ1) is 16.3. The molecule has 1 N–H and O–H groups in total. The summed E-state index contributed by atoms with van der Waals surface area (Å²) in [5.41, 5.74) is 1.47. The van der Waals surface area contributed by atoms with Crippen LogP contribution in [0.1, 0.15) is 5.56 Å². The Labute approximate surface area is 134 Å². The minimum Gasteiger partial charge on any atom is -0.480 e. The quantitative estimate of drug-likeness (QED) is 0.887. The number of aliphatic carboxylic acids is 1. The van der Waals surface area contributed by atoms with E-state index in [0.717, 1.165) is 10.5 Å². The van der Waals surface area contributed by atoms with Gasteiger partial charge in [-0.3, -0.25) is 9.69 Å². The van der Waals surface area contributed by atoms with Crippen LogP contribution in [0, 0.1) is 0 Å². The molecule has 2 aromatic rings. The number of carboxylic acids is 1. The first-order valence-electron chi connectivity index (χ1n) is 7.09. The molecule has 23 heavy (non-hydrogen) atoms. The lowest BCUT2D eigenvalue weighted by molar-refractivity contribution is -0.135. The first-order chi connectivity index (χ1) is 11.2. The third-order valence-electron chi connectivity index (χ3n) is 2.99. The highest BCUT2D eigenvalue weighted by atomic mass is 16.6. The van der Waals surface area contributed by atoms with Crippen molar-refractivity contribution in [2.75, 3.05) is 18.1 Å². The number of carboxylic acid groups (broad SMARTS) is 1. The van der Waals surface area contributed by atoms with Gasteiger partial charge in [0.2, 0.25) is 0 Å². The number of rotatable bonds is 6. The summed E-state index contributed by atoms with van der Waals surface area (Å²) in [5, 5.41) is 8.95. The molecule has 0 unspecified atom stereocenters. The fourth-order valence-corrected chi connectivity index (χ4v) is 1.95. The second-order valence-corrected chi connectivity index (χ2v) is 4.71. The Morgan fingerprint density at radius 1 is 1.00 bits per heavy atom. The number of carbonyl (C=O) groups excluding carboxylic acids is 1. The average Bonchev–Trinajstić information content (AvgIpc) is 2.58. The van der Waals surface area contributed by atoms with Gasteiger partial charge in [0.25, 0.3) is 0 Å².